The minimum Gasteiger partial charge on any atom is -0.357 e. The average Bonchev–Trinajstić information content (AvgIpc) is 2.17. The number of anilines is 2. The van der Waals surface area contributed by atoms with Gasteiger partial charge in [0.05, 0.1) is 6.20 Å². The summed E-state index contributed by atoms with van der Waals surface area (Å²) < 4.78 is 13.3. The normalized spacial score (nSPS) is 10.4. The van der Waals surface area contributed by atoms with Gasteiger partial charge in [-0.1, -0.05) is 0 Å². The summed E-state index contributed by atoms with van der Waals surface area (Å²) in [6.45, 7) is 3.95. The highest BCUT2D eigenvalue weighted by Crippen LogP contribution is 2.17. The van der Waals surface area contributed by atoms with E-state index >= 15 is 0 Å². The monoisotopic (exact) mass is 198 g/mol. The Kier molecular flexibility index (Phi) is 3.22. The molecule has 1 heterocycles. The van der Waals surface area contributed by atoms with Crippen LogP contribution in [0.5, 0.6) is 0 Å². The Hall–Kier alpha value is -1.39. The highest BCUT2D eigenvalue weighted by molar-refractivity contribution is 5.43. The Bertz CT molecular complexity index is 314. The van der Waals surface area contributed by atoms with Crippen LogP contribution in [0.1, 0.15) is 13.8 Å². The largest absolute Gasteiger partial charge is 0.357 e. The highest BCUT2D eigenvalue weighted by Gasteiger charge is 2.13. The number of nitrogens with one attached hydrogen (secondary N) is 1. The van der Waals surface area contributed by atoms with Crippen LogP contribution in [0.3, 0.4) is 0 Å². The van der Waals surface area contributed by atoms with Gasteiger partial charge < -0.3 is 10.2 Å². The molecule has 0 bridgehead atoms. The predicted molar refractivity (Wildman–Crippen MR) is 55.1 cm³/mol. The molecule has 1 rings (SSSR count). The van der Waals surface area contributed by atoms with Crippen molar-refractivity contribution in [3.05, 3.63) is 12.0 Å². The molecule has 14 heavy (non-hydrogen) atoms. The molecular formula is C9H15FN4. The highest BCUT2D eigenvalue weighted by atomic mass is 19.1. The fourth-order valence-electron chi connectivity index (χ4n) is 0.970. The van der Waals surface area contributed by atoms with Crippen molar-refractivity contribution < 1.29 is 4.39 Å². The molecule has 0 aliphatic heterocycles. The van der Waals surface area contributed by atoms with Gasteiger partial charge in [-0.3, -0.25) is 0 Å². The van der Waals surface area contributed by atoms with E-state index in [0.717, 1.165) is 0 Å². The Morgan fingerprint density at radius 3 is 2.64 bits per heavy atom. The lowest BCUT2D eigenvalue weighted by Crippen LogP contribution is -2.27. The van der Waals surface area contributed by atoms with E-state index in [-0.39, 0.29) is 6.04 Å². The van der Waals surface area contributed by atoms with Gasteiger partial charge in [-0.15, -0.1) is 0 Å². The van der Waals surface area contributed by atoms with Crippen molar-refractivity contribution in [2.75, 3.05) is 24.3 Å². The zero-order valence-electron chi connectivity index (χ0n) is 8.87. The van der Waals surface area contributed by atoms with Crippen molar-refractivity contribution in [3.8, 4) is 0 Å². The van der Waals surface area contributed by atoms with Gasteiger partial charge in [-0.05, 0) is 13.8 Å². The molecular weight excluding hydrogens is 183 g/mol. The number of hydrogen-bond donors (Lipinski definition) is 1. The van der Waals surface area contributed by atoms with Crippen LogP contribution in [0.25, 0.3) is 0 Å². The van der Waals surface area contributed by atoms with Crippen LogP contribution in [-0.4, -0.2) is 30.1 Å². The molecule has 1 aromatic rings. The summed E-state index contributed by atoms with van der Waals surface area (Å²) in [7, 11) is 3.50. The van der Waals surface area contributed by atoms with Crippen molar-refractivity contribution in [2.24, 2.45) is 0 Å². The van der Waals surface area contributed by atoms with Gasteiger partial charge in [0.25, 0.3) is 0 Å². The molecule has 0 fully saturated rings. The van der Waals surface area contributed by atoms with Gasteiger partial charge in [0.1, 0.15) is 0 Å². The Morgan fingerprint density at radius 2 is 2.14 bits per heavy atom. The maximum absolute atomic E-state index is 13.3. The van der Waals surface area contributed by atoms with Crippen LogP contribution in [0.4, 0.5) is 16.2 Å². The molecule has 0 unspecified atom stereocenters. The molecule has 5 heteroatoms. The van der Waals surface area contributed by atoms with E-state index in [0.29, 0.717) is 11.8 Å². The van der Waals surface area contributed by atoms with E-state index < -0.39 is 5.82 Å². The van der Waals surface area contributed by atoms with Crippen LogP contribution in [-0.2, 0) is 0 Å². The first kappa shape index (κ1) is 10.7. The van der Waals surface area contributed by atoms with Gasteiger partial charge in [0.15, 0.2) is 11.6 Å². The molecule has 1 aromatic heterocycles. The number of hydrogen-bond acceptors (Lipinski definition) is 4. The summed E-state index contributed by atoms with van der Waals surface area (Å²) in [5.74, 6) is 0.341. The molecule has 0 spiro atoms. The van der Waals surface area contributed by atoms with E-state index in [9.17, 15) is 4.39 Å². The third-order valence-electron chi connectivity index (χ3n) is 2.06. The molecule has 0 aromatic carbocycles. The lowest BCUT2D eigenvalue weighted by atomic mass is 10.3. The molecule has 78 valence electrons. The minimum atomic E-state index is -0.403. The third kappa shape index (κ3) is 2.10. The molecule has 0 saturated carbocycles. The Labute approximate surface area is 83.2 Å². The molecule has 4 nitrogen and oxygen atoms in total. The lowest BCUT2D eigenvalue weighted by molar-refractivity contribution is 0.598. The molecule has 0 saturated heterocycles. The Morgan fingerprint density at radius 1 is 1.50 bits per heavy atom. The van der Waals surface area contributed by atoms with E-state index in [1.807, 2.05) is 13.8 Å². The minimum absolute atomic E-state index is 0.198. The van der Waals surface area contributed by atoms with Crippen LogP contribution < -0.4 is 10.2 Å². The topological polar surface area (TPSA) is 41.1 Å². The zero-order chi connectivity index (χ0) is 10.7. The van der Waals surface area contributed by atoms with Gasteiger partial charge in [-0.2, -0.15) is 4.98 Å². The summed E-state index contributed by atoms with van der Waals surface area (Å²) in [5, 5.41) is 2.77. The summed E-state index contributed by atoms with van der Waals surface area (Å²) in [6, 6.07) is 0.198. The van der Waals surface area contributed by atoms with Crippen molar-refractivity contribution in [3.63, 3.8) is 0 Å². The second-order valence-corrected chi connectivity index (χ2v) is 3.32. The number of aromatic nitrogens is 2. The first-order chi connectivity index (χ1) is 6.56. The van der Waals surface area contributed by atoms with Crippen LogP contribution in [0, 0.1) is 5.82 Å². The quantitative estimate of drug-likeness (QED) is 0.799. The second kappa shape index (κ2) is 4.21. The number of rotatable bonds is 3. The summed E-state index contributed by atoms with van der Waals surface area (Å²) >= 11 is 0. The first-order valence-corrected chi connectivity index (χ1v) is 4.49. The predicted octanol–water partition coefficient (Wildman–Crippen LogP) is 1.50. The van der Waals surface area contributed by atoms with Crippen molar-refractivity contribution in [1.29, 1.82) is 0 Å². The molecule has 0 atom stereocenters. The lowest BCUT2D eigenvalue weighted by Gasteiger charge is -2.22. The fraction of sp³-hybridized carbons (Fsp3) is 0.556. The van der Waals surface area contributed by atoms with Crippen LogP contribution in [0.15, 0.2) is 6.20 Å². The SMILES string of the molecule is CNc1ncc(F)c(N(C)C(C)C)n1. The van der Waals surface area contributed by atoms with Crippen LogP contribution in [0.2, 0.25) is 0 Å². The van der Waals surface area contributed by atoms with E-state index in [2.05, 4.69) is 15.3 Å². The second-order valence-electron chi connectivity index (χ2n) is 3.32. The van der Waals surface area contributed by atoms with E-state index in [1.165, 1.54) is 6.20 Å². The summed E-state index contributed by atoms with van der Waals surface area (Å²) in [4.78, 5) is 9.58. The molecule has 0 amide bonds. The van der Waals surface area contributed by atoms with Crippen LogP contribution >= 0.6 is 0 Å². The average molecular weight is 198 g/mol. The van der Waals surface area contributed by atoms with Gasteiger partial charge in [0, 0.05) is 20.1 Å². The van der Waals surface area contributed by atoms with E-state index in [1.54, 1.807) is 19.0 Å². The third-order valence-corrected chi connectivity index (χ3v) is 2.06. The number of nitrogens with zero attached hydrogens (tertiary/aromatic N) is 3. The van der Waals surface area contributed by atoms with Crippen molar-refractivity contribution in [1.82, 2.24) is 9.97 Å². The Balaban J connectivity index is 3.05. The van der Waals surface area contributed by atoms with Gasteiger partial charge >= 0.3 is 0 Å². The zero-order valence-corrected chi connectivity index (χ0v) is 8.87. The molecule has 0 aliphatic rings. The maximum Gasteiger partial charge on any atom is 0.224 e. The van der Waals surface area contributed by atoms with Crippen molar-refractivity contribution in [2.45, 2.75) is 19.9 Å². The van der Waals surface area contributed by atoms with Crippen molar-refractivity contribution >= 4 is 11.8 Å². The summed E-state index contributed by atoms with van der Waals surface area (Å²) in [6.07, 6.45) is 1.17. The standard InChI is InChI=1S/C9H15FN4/c1-6(2)14(4)8-7(10)5-12-9(11-3)13-8/h5-6H,1-4H3,(H,11,12,13). The fourth-order valence-corrected chi connectivity index (χ4v) is 0.970. The van der Waals surface area contributed by atoms with Gasteiger partial charge in [-0.25, -0.2) is 9.37 Å². The maximum atomic E-state index is 13.3. The first-order valence-electron chi connectivity index (χ1n) is 4.49. The smallest absolute Gasteiger partial charge is 0.224 e. The number of halogens is 1. The van der Waals surface area contributed by atoms with E-state index in [4.69, 9.17) is 0 Å². The molecule has 1 N–H and O–H groups in total. The molecule has 0 radical (unpaired) electrons. The molecule has 0 aliphatic carbocycles. The summed E-state index contributed by atoms with van der Waals surface area (Å²) in [5.41, 5.74) is 0. The van der Waals surface area contributed by atoms with Gasteiger partial charge in [0.2, 0.25) is 5.95 Å².